The van der Waals surface area contributed by atoms with E-state index in [2.05, 4.69) is 27.3 Å². The smallest absolute Gasteiger partial charge is 0.119 e. The van der Waals surface area contributed by atoms with Crippen molar-refractivity contribution in [3.05, 3.63) is 58.6 Å². The number of nitrogens with zero attached hydrogens (tertiary/aromatic N) is 1. The van der Waals surface area contributed by atoms with E-state index in [4.69, 9.17) is 10.00 Å². The molecule has 0 radical (unpaired) electrons. The van der Waals surface area contributed by atoms with Crippen LogP contribution in [0.15, 0.2) is 53.0 Å². The predicted octanol–water partition coefficient (Wildman–Crippen LogP) is 3.81. The van der Waals surface area contributed by atoms with E-state index in [1.165, 1.54) is 0 Å². The number of halogens is 1. The molecule has 0 heterocycles. The Balaban J connectivity index is 1.82. The number of anilines is 1. The molecule has 2 aromatic rings. The quantitative estimate of drug-likeness (QED) is 0.853. The number of para-hydroxylation sites is 1. The molecule has 0 saturated carbocycles. The molecule has 0 unspecified atom stereocenters. The average molecular weight is 317 g/mol. The van der Waals surface area contributed by atoms with Crippen LogP contribution in [0.4, 0.5) is 5.69 Å². The maximum Gasteiger partial charge on any atom is 0.119 e. The molecule has 3 nitrogen and oxygen atoms in total. The van der Waals surface area contributed by atoms with E-state index in [1.54, 1.807) is 12.1 Å². The monoisotopic (exact) mass is 316 g/mol. The van der Waals surface area contributed by atoms with Crippen LogP contribution >= 0.6 is 15.9 Å². The lowest BCUT2D eigenvalue weighted by Gasteiger charge is -2.10. The van der Waals surface area contributed by atoms with Crippen molar-refractivity contribution in [2.45, 2.75) is 0 Å². The van der Waals surface area contributed by atoms with Crippen molar-refractivity contribution in [1.29, 1.82) is 5.26 Å². The second-order valence-corrected chi connectivity index (χ2v) is 4.75. The van der Waals surface area contributed by atoms with E-state index >= 15 is 0 Å². The van der Waals surface area contributed by atoms with E-state index in [-0.39, 0.29) is 0 Å². The first-order valence-electron chi connectivity index (χ1n) is 5.91. The molecule has 0 aromatic heterocycles. The van der Waals surface area contributed by atoms with Gasteiger partial charge in [-0.2, -0.15) is 5.26 Å². The lowest BCUT2D eigenvalue weighted by molar-refractivity contribution is 0.333. The van der Waals surface area contributed by atoms with Crippen molar-refractivity contribution in [1.82, 2.24) is 0 Å². The van der Waals surface area contributed by atoms with E-state index < -0.39 is 0 Å². The largest absolute Gasteiger partial charge is 0.492 e. The molecule has 0 fully saturated rings. The fourth-order valence-corrected chi connectivity index (χ4v) is 2.12. The van der Waals surface area contributed by atoms with Crippen LogP contribution in [0.2, 0.25) is 0 Å². The van der Waals surface area contributed by atoms with E-state index in [0.29, 0.717) is 18.7 Å². The molecule has 0 aliphatic heterocycles. The summed E-state index contributed by atoms with van der Waals surface area (Å²) in [5, 5.41) is 12.0. The first-order chi connectivity index (χ1) is 9.29. The Morgan fingerprint density at radius 2 is 1.95 bits per heavy atom. The van der Waals surface area contributed by atoms with Gasteiger partial charge >= 0.3 is 0 Å². The summed E-state index contributed by atoms with van der Waals surface area (Å²) in [5.74, 6) is 0.864. The van der Waals surface area contributed by atoms with Crippen molar-refractivity contribution >= 4 is 21.6 Å². The minimum atomic E-state index is 0.580. The molecule has 0 aliphatic rings. The molecule has 1 N–H and O–H groups in total. The SMILES string of the molecule is N#Cc1ccc(NCCOc2ccccc2)c(Br)c1. The second-order valence-electron chi connectivity index (χ2n) is 3.89. The number of nitriles is 1. The summed E-state index contributed by atoms with van der Waals surface area (Å²) in [6.07, 6.45) is 0. The van der Waals surface area contributed by atoms with Gasteiger partial charge in [-0.1, -0.05) is 18.2 Å². The summed E-state index contributed by atoms with van der Waals surface area (Å²) in [6.45, 7) is 1.27. The molecule has 19 heavy (non-hydrogen) atoms. The highest BCUT2D eigenvalue weighted by molar-refractivity contribution is 9.10. The van der Waals surface area contributed by atoms with Crippen LogP contribution in [0.1, 0.15) is 5.56 Å². The first-order valence-corrected chi connectivity index (χ1v) is 6.70. The van der Waals surface area contributed by atoms with Crippen molar-refractivity contribution in [2.24, 2.45) is 0 Å². The zero-order chi connectivity index (χ0) is 13.5. The van der Waals surface area contributed by atoms with Crippen LogP contribution in [-0.4, -0.2) is 13.2 Å². The molecular weight excluding hydrogens is 304 g/mol. The third-order valence-electron chi connectivity index (χ3n) is 2.53. The summed E-state index contributed by atoms with van der Waals surface area (Å²) >= 11 is 3.43. The molecule has 0 amide bonds. The maximum atomic E-state index is 8.78. The minimum Gasteiger partial charge on any atom is -0.492 e. The topological polar surface area (TPSA) is 45.0 Å². The number of benzene rings is 2. The Morgan fingerprint density at radius 3 is 2.63 bits per heavy atom. The van der Waals surface area contributed by atoms with Crippen LogP contribution in [0.3, 0.4) is 0 Å². The lowest BCUT2D eigenvalue weighted by Crippen LogP contribution is -2.11. The van der Waals surface area contributed by atoms with Gasteiger partial charge in [0.2, 0.25) is 0 Å². The Hall–Kier alpha value is -1.99. The van der Waals surface area contributed by atoms with Crippen LogP contribution in [0.25, 0.3) is 0 Å². The van der Waals surface area contributed by atoms with Crippen molar-refractivity contribution in [3.63, 3.8) is 0 Å². The minimum absolute atomic E-state index is 0.580. The molecule has 2 rings (SSSR count). The number of nitrogens with one attached hydrogen (secondary N) is 1. The summed E-state index contributed by atoms with van der Waals surface area (Å²) in [5.41, 5.74) is 1.59. The number of ether oxygens (including phenoxy) is 1. The Kier molecular flexibility index (Phi) is 4.82. The fraction of sp³-hybridized carbons (Fsp3) is 0.133. The van der Waals surface area contributed by atoms with Gasteiger partial charge in [0.05, 0.1) is 11.6 Å². The van der Waals surface area contributed by atoms with Gasteiger partial charge in [0.15, 0.2) is 0 Å². The summed E-state index contributed by atoms with van der Waals surface area (Å²) < 4.78 is 6.46. The number of hydrogen-bond acceptors (Lipinski definition) is 3. The van der Waals surface area contributed by atoms with Crippen molar-refractivity contribution in [2.75, 3.05) is 18.5 Å². The van der Waals surface area contributed by atoms with Crippen LogP contribution < -0.4 is 10.1 Å². The predicted molar refractivity (Wildman–Crippen MR) is 79.3 cm³/mol. The molecule has 4 heteroatoms. The molecule has 96 valence electrons. The van der Waals surface area contributed by atoms with Gasteiger partial charge in [-0.15, -0.1) is 0 Å². The van der Waals surface area contributed by atoms with E-state index in [9.17, 15) is 0 Å². The number of hydrogen-bond donors (Lipinski definition) is 1. The standard InChI is InChI=1S/C15H13BrN2O/c16-14-10-12(11-17)6-7-15(14)18-8-9-19-13-4-2-1-3-5-13/h1-7,10,18H,8-9H2. The van der Waals surface area contributed by atoms with Gasteiger partial charge in [-0.25, -0.2) is 0 Å². The molecule has 0 saturated heterocycles. The zero-order valence-corrected chi connectivity index (χ0v) is 11.9. The molecule has 2 aromatic carbocycles. The van der Waals surface area contributed by atoms with Crippen LogP contribution in [0.5, 0.6) is 5.75 Å². The summed E-state index contributed by atoms with van der Waals surface area (Å²) in [6, 6.07) is 17.3. The molecular formula is C15H13BrN2O. The Morgan fingerprint density at radius 1 is 1.16 bits per heavy atom. The molecule has 0 atom stereocenters. The lowest BCUT2D eigenvalue weighted by atomic mass is 10.2. The van der Waals surface area contributed by atoms with Gasteiger partial charge in [-0.05, 0) is 46.3 Å². The van der Waals surface area contributed by atoms with Gasteiger partial charge in [-0.3, -0.25) is 0 Å². The third kappa shape index (κ3) is 4.01. The van der Waals surface area contributed by atoms with Gasteiger partial charge in [0.25, 0.3) is 0 Å². The summed E-state index contributed by atoms with van der Waals surface area (Å²) in [7, 11) is 0. The molecule has 0 aliphatic carbocycles. The van der Waals surface area contributed by atoms with E-state index in [0.717, 1.165) is 15.9 Å². The van der Waals surface area contributed by atoms with E-state index in [1.807, 2.05) is 36.4 Å². The fourth-order valence-electron chi connectivity index (χ4n) is 1.60. The highest BCUT2D eigenvalue weighted by Gasteiger charge is 2.00. The van der Waals surface area contributed by atoms with Gasteiger partial charge in [0, 0.05) is 16.7 Å². The Bertz CT molecular complexity index is 578. The van der Waals surface area contributed by atoms with Crippen molar-refractivity contribution in [3.8, 4) is 11.8 Å². The maximum absolute atomic E-state index is 8.78. The van der Waals surface area contributed by atoms with Gasteiger partial charge in [0.1, 0.15) is 12.4 Å². The Labute approximate surface area is 121 Å². The highest BCUT2D eigenvalue weighted by Crippen LogP contribution is 2.23. The van der Waals surface area contributed by atoms with Crippen molar-refractivity contribution < 1.29 is 4.74 Å². The highest BCUT2D eigenvalue weighted by atomic mass is 79.9. The zero-order valence-electron chi connectivity index (χ0n) is 10.3. The normalized spacial score (nSPS) is 9.68. The van der Waals surface area contributed by atoms with Gasteiger partial charge < -0.3 is 10.1 Å². The molecule has 0 bridgehead atoms. The summed E-state index contributed by atoms with van der Waals surface area (Å²) in [4.78, 5) is 0. The second kappa shape index (κ2) is 6.81. The molecule has 0 spiro atoms. The average Bonchev–Trinajstić information content (AvgIpc) is 2.46. The third-order valence-corrected chi connectivity index (χ3v) is 3.18. The number of rotatable bonds is 5. The van der Waals surface area contributed by atoms with Crippen LogP contribution in [0, 0.1) is 11.3 Å². The first kappa shape index (κ1) is 13.4. The van der Waals surface area contributed by atoms with Crippen LogP contribution in [-0.2, 0) is 0 Å².